The van der Waals surface area contributed by atoms with Crippen LogP contribution in [-0.2, 0) is 14.3 Å². The summed E-state index contributed by atoms with van der Waals surface area (Å²) in [5.74, 6) is -0.559. The molecular formula is C17H31NO8. The molecule has 1 fully saturated rings. The minimum atomic E-state index is -1.49. The van der Waals surface area contributed by atoms with Gasteiger partial charge in [0.2, 0.25) is 5.91 Å². The quantitative estimate of drug-likeness (QED) is 0.303. The molecule has 26 heavy (non-hydrogen) atoms. The lowest BCUT2D eigenvalue weighted by Crippen LogP contribution is -2.57. The maximum atomic E-state index is 11.4. The standard InChI is InChI=1S/C17H31NO8/c1-8(2)13(21)12(18-10(4)20)7-11(5-6-19)26-17-16(24)15(23)14(22)9(3)25-17/h7-9,11,13-17,19,21-24H,5-6H2,1-4H3,(H,18,20)/b12-7-. The van der Waals surface area contributed by atoms with Gasteiger partial charge < -0.3 is 40.3 Å². The van der Waals surface area contributed by atoms with Gasteiger partial charge >= 0.3 is 0 Å². The molecular weight excluding hydrogens is 346 g/mol. The van der Waals surface area contributed by atoms with Gasteiger partial charge in [-0.15, -0.1) is 0 Å². The smallest absolute Gasteiger partial charge is 0.221 e. The number of hydrogen-bond donors (Lipinski definition) is 6. The molecule has 7 unspecified atom stereocenters. The highest BCUT2D eigenvalue weighted by molar-refractivity contribution is 5.75. The largest absolute Gasteiger partial charge is 0.396 e. The molecule has 7 atom stereocenters. The first kappa shape index (κ1) is 23.0. The third-order valence-electron chi connectivity index (χ3n) is 4.17. The highest BCUT2D eigenvalue weighted by Crippen LogP contribution is 2.24. The van der Waals surface area contributed by atoms with Gasteiger partial charge in [0.25, 0.3) is 0 Å². The molecule has 1 rings (SSSR count). The molecule has 1 saturated heterocycles. The zero-order valence-electron chi connectivity index (χ0n) is 15.6. The van der Waals surface area contributed by atoms with Crippen molar-refractivity contribution in [3.63, 3.8) is 0 Å². The summed E-state index contributed by atoms with van der Waals surface area (Å²) in [5.41, 5.74) is 0.213. The maximum absolute atomic E-state index is 11.4. The van der Waals surface area contributed by atoms with Gasteiger partial charge in [0.1, 0.15) is 18.3 Å². The molecule has 0 saturated carbocycles. The summed E-state index contributed by atoms with van der Waals surface area (Å²) in [6, 6.07) is 0. The summed E-state index contributed by atoms with van der Waals surface area (Å²) in [6.45, 7) is 6.12. The molecule has 9 heteroatoms. The van der Waals surface area contributed by atoms with Crippen LogP contribution in [0.1, 0.15) is 34.1 Å². The van der Waals surface area contributed by atoms with E-state index in [-0.39, 0.29) is 30.5 Å². The Morgan fingerprint density at radius 2 is 1.85 bits per heavy atom. The van der Waals surface area contributed by atoms with Gasteiger partial charge in [0.05, 0.1) is 18.3 Å². The lowest BCUT2D eigenvalue weighted by molar-refractivity contribution is -0.300. The number of carbonyl (C=O) groups excluding carboxylic acids is 1. The van der Waals surface area contributed by atoms with Crippen LogP contribution in [0.4, 0.5) is 0 Å². The van der Waals surface area contributed by atoms with Gasteiger partial charge in [-0.05, 0) is 18.9 Å². The van der Waals surface area contributed by atoms with E-state index in [0.29, 0.717) is 0 Å². The third-order valence-corrected chi connectivity index (χ3v) is 4.17. The SMILES string of the molecule is CC(=O)N/C(=C\C(CCO)OC1OC(C)C(O)C(O)C1O)C(O)C(C)C. The van der Waals surface area contributed by atoms with Crippen LogP contribution in [0, 0.1) is 5.92 Å². The normalized spacial score (nSPS) is 32.4. The van der Waals surface area contributed by atoms with Gasteiger partial charge in [-0.2, -0.15) is 0 Å². The van der Waals surface area contributed by atoms with Gasteiger partial charge in [-0.25, -0.2) is 0 Å². The number of aliphatic hydroxyl groups excluding tert-OH is 5. The van der Waals surface area contributed by atoms with E-state index in [2.05, 4.69) is 5.32 Å². The van der Waals surface area contributed by atoms with Crippen molar-refractivity contribution in [3.05, 3.63) is 11.8 Å². The van der Waals surface area contributed by atoms with E-state index in [4.69, 9.17) is 9.47 Å². The molecule has 6 N–H and O–H groups in total. The first-order valence-corrected chi connectivity index (χ1v) is 8.71. The van der Waals surface area contributed by atoms with E-state index >= 15 is 0 Å². The van der Waals surface area contributed by atoms with Crippen molar-refractivity contribution >= 4 is 5.91 Å². The number of rotatable bonds is 8. The van der Waals surface area contributed by atoms with E-state index in [9.17, 15) is 30.3 Å². The number of carbonyl (C=O) groups is 1. The van der Waals surface area contributed by atoms with Crippen molar-refractivity contribution in [1.29, 1.82) is 0 Å². The van der Waals surface area contributed by atoms with Gasteiger partial charge in [-0.3, -0.25) is 4.79 Å². The zero-order valence-corrected chi connectivity index (χ0v) is 15.6. The first-order valence-electron chi connectivity index (χ1n) is 8.71. The molecule has 0 radical (unpaired) electrons. The second-order valence-corrected chi connectivity index (χ2v) is 6.86. The van der Waals surface area contributed by atoms with Crippen LogP contribution in [0.3, 0.4) is 0 Å². The Bertz CT molecular complexity index is 483. The highest BCUT2D eigenvalue weighted by Gasteiger charge is 2.43. The molecule has 152 valence electrons. The van der Waals surface area contributed by atoms with E-state index in [1.165, 1.54) is 19.9 Å². The Kier molecular flexibility index (Phi) is 9.11. The predicted octanol–water partition coefficient (Wildman–Crippen LogP) is -1.38. The van der Waals surface area contributed by atoms with Crippen LogP contribution in [0.15, 0.2) is 11.8 Å². The molecule has 0 aliphatic carbocycles. The minimum absolute atomic E-state index is 0.105. The van der Waals surface area contributed by atoms with E-state index in [1.807, 2.05) is 0 Å². The lowest BCUT2D eigenvalue weighted by atomic mass is 9.99. The molecule has 0 spiro atoms. The molecule has 1 aliphatic rings. The monoisotopic (exact) mass is 377 g/mol. The first-order chi connectivity index (χ1) is 12.1. The fourth-order valence-corrected chi connectivity index (χ4v) is 2.59. The topological polar surface area (TPSA) is 149 Å². The Balaban J connectivity index is 2.99. The summed E-state index contributed by atoms with van der Waals surface area (Å²) in [6.07, 6.45) is -6.44. The summed E-state index contributed by atoms with van der Waals surface area (Å²) in [4.78, 5) is 11.4. The third kappa shape index (κ3) is 6.27. The number of nitrogens with one attached hydrogen (secondary N) is 1. The molecule has 1 heterocycles. The highest BCUT2D eigenvalue weighted by atomic mass is 16.7. The molecule has 9 nitrogen and oxygen atoms in total. The van der Waals surface area contributed by atoms with Crippen molar-refractivity contribution in [3.8, 4) is 0 Å². The van der Waals surface area contributed by atoms with Gasteiger partial charge in [-0.1, -0.05) is 13.8 Å². The van der Waals surface area contributed by atoms with Crippen LogP contribution in [0.5, 0.6) is 0 Å². The molecule has 0 bridgehead atoms. The maximum Gasteiger partial charge on any atom is 0.221 e. The van der Waals surface area contributed by atoms with E-state index < -0.39 is 42.9 Å². The zero-order chi connectivity index (χ0) is 20.0. The fraction of sp³-hybridized carbons (Fsp3) is 0.824. The van der Waals surface area contributed by atoms with Gasteiger partial charge in [0.15, 0.2) is 6.29 Å². The number of aliphatic hydroxyl groups is 5. The Hall–Kier alpha value is -1.07. The van der Waals surface area contributed by atoms with Crippen molar-refractivity contribution in [2.75, 3.05) is 6.61 Å². The minimum Gasteiger partial charge on any atom is -0.396 e. The summed E-state index contributed by atoms with van der Waals surface area (Å²) >= 11 is 0. The van der Waals surface area contributed by atoms with Crippen molar-refractivity contribution < 1.29 is 39.8 Å². The van der Waals surface area contributed by atoms with Crippen LogP contribution >= 0.6 is 0 Å². The van der Waals surface area contributed by atoms with E-state index in [1.54, 1.807) is 13.8 Å². The Morgan fingerprint density at radius 1 is 1.23 bits per heavy atom. The van der Waals surface area contributed by atoms with Crippen LogP contribution in [0.2, 0.25) is 0 Å². The summed E-state index contributed by atoms with van der Waals surface area (Å²) in [7, 11) is 0. The second kappa shape index (κ2) is 10.3. The molecule has 0 aromatic rings. The summed E-state index contributed by atoms with van der Waals surface area (Å²) in [5, 5.41) is 51.7. The Morgan fingerprint density at radius 3 is 2.35 bits per heavy atom. The number of amides is 1. The molecule has 1 amide bonds. The van der Waals surface area contributed by atoms with Crippen LogP contribution in [-0.4, -0.2) is 81.0 Å². The summed E-state index contributed by atoms with van der Waals surface area (Å²) < 4.78 is 11.0. The fourth-order valence-electron chi connectivity index (χ4n) is 2.59. The number of ether oxygens (including phenoxy) is 2. The Labute approximate surface area is 153 Å². The lowest BCUT2D eigenvalue weighted by Gasteiger charge is -2.40. The van der Waals surface area contributed by atoms with Crippen molar-refractivity contribution in [1.82, 2.24) is 5.32 Å². The average Bonchev–Trinajstić information content (AvgIpc) is 2.56. The van der Waals surface area contributed by atoms with E-state index in [0.717, 1.165) is 0 Å². The van der Waals surface area contributed by atoms with Crippen molar-refractivity contribution in [2.45, 2.75) is 77.0 Å². The average molecular weight is 377 g/mol. The molecule has 0 aromatic carbocycles. The van der Waals surface area contributed by atoms with Crippen LogP contribution < -0.4 is 5.32 Å². The van der Waals surface area contributed by atoms with Crippen molar-refractivity contribution in [2.24, 2.45) is 5.92 Å². The van der Waals surface area contributed by atoms with Crippen LogP contribution in [0.25, 0.3) is 0 Å². The predicted molar refractivity (Wildman–Crippen MR) is 91.7 cm³/mol. The molecule has 1 aliphatic heterocycles. The molecule has 0 aromatic heterocycles. The second-order valence-electron chi connectivity index (χ2n) is 6.86. The van der Waals surface area contributed by atoms with Gasteiger partial charge in [0, 0.05) is 25.6 Å². The number of hydrogen-bond acceptors (Lipinski definition) is 8.